The Balaban J connectivity index is 1.21. The zero-order chi connectivity index (χ0) is 19.3. The molecule has 4 aliphatic rings. The van der Waals surface area contributed by atoms with Gasteiger partial charge in [0.05, 0.1) is 11.8 Å². The van der Waals surface area contributed by atoms with Gasteiger partial charge in [-0.2, -0.15) is 0 Å². The lowest BCUT2D eigenvalue weighted by Crippen LogP contribution is -2.38. The van der Waals surface area contributed by atoms with Crippen LogP contribution in [0.15, 0.2) is 0 Å². The van der Waals surface area contributed by atoms with Crippen LogP contribution in [0.2, 0.25) is 0 Å². The van der Waals surface area contributed by atoms with Gasteiger partial charge in [0.1, 0.15) is 12.2 Å². The fourth-order valence-electron chi connectivity index (χ4n) is 6.21. The topological polar surface area (TPSA) is 52.6 Å². The van der Waals surface area contributed by atoms with Gasteiger partial charge < -0.3 is 9.47 Å². The van der Waals surface area contributed by atoms with Crippen molar-refractivity contribution in [3.63, 3.8) is 0 Å². The molecule has 0 saturated heterocycles. The van der Waals surface area contributed by atoms with Crippen molar-refractivity contribution in [3.05, 3.63) is 0 Å². The van der Waals surface area contributed by atoms with Crippen LogP contribution in [0.4, 0.5) is 0 Å². The number of hydrogen-bond donors (Lipinski definition) is 0. The molecule has 0 heterocycles. The van der Waals surface area contributed by atoms with Crippen molar-refractivity contribution in [2.45, 2.75) is 115 Å². The Morgan fingerprint density at radius 1 is 0.500 bits per heavy atom. The van der Waals surface area contributed by atoms with E-state index in [1.165, 1.54) is 38.5 Å². The van der Waals surface area contributed by atoms with Crippen LogP contribution < -0.4 is 0 Å². The molecular formula is C24H38O4. The number of esters is 2. The van der Waals surface area contributed by atoms with Gasteiger partial charge in [0.15, 0.2) is 0 Å². The van der Waals surface area contributed by atoms with Crippen molar-refractivity contribution >= 4 is 11.9 Å². The Kier molecular flexibility index (Phi) is 6.95. The average molecular weight is 391 g/mol. The van der Waals surface area contributed by atoms with E-state index in [1.54, 1.807) is 0 Å². The molecule has 0 aromatic rings. The van der Waals surface area contributed by atoms with Gasteiger partial charge in [-0.25, -0.2) is 0 Å². The molecule has 0 amide bonds. The largest absolute Gasteiger partial charge is 0.462 e. The molecule has 158 valence electrons. The maximum Gasteiger partial charge on any atom is 0.309 e. The number of carbonyl (C=O) groups is 2. The number of ether oxygens (including phenoxy) is 2. The fraction of sp³-hybridized carbons (Fsp3) is 0.917. The minimum Gasteiger partial charge on any atom is -0.462 e. The van der Waals surface area contributed by atoms with Gasteiger partial charge in [-0.15, -0.1) is 0 Å². The summed E-state index contributed by atoms with van der Waals surface area (Å²) in [5.41, 5.74) is 0. The highest BCUT2D eigenvalue weighted by atomic mass is 16.5. The van der Waals surface area contributed by atoms with Crippen LogP contribution >= 0.6 is 0 Å². The summed E-state index contributed by atoms with van der Waals surface area (Å²) in [5.74, 6) is 1.62. The molecular weight excluding hydrogens is 352 g/mol. The van der Waals surface area contributed by atoms with Crippen LogP contribution in [0.1, 0.15) is 103 Å². The third-order valence-electron chi connectivity index (χ3n) is 7.95. The van der Waals surface area contributed by atoms with Gasteiger partial charge in [0.2, 0.25) is 0 Å². The van der Waals surface area contributed by atoms with Crippen LogP contribution in [0.25, 0.3) is 0 Å². The van der Waals surface area contributed by atoms with E-state index in [1.807, 2.05) is 0 Å². The van der Waals surface area contributed by atoms with Gasteiger partial charge in [0.25, 0.3) is 0 Å². The van der Waals surface area contributed by atoms with Crippen molar-refractivity contribution in [3.8, 4) is 0 Å². The van der Waals surface area contributed by atoms with Crippen molar-refractivity contribution in [2.75, 3.05) is 0 Å². The van der Waals surface area contributed by atoms with E-state index in [0.717, 1.165) is 64.2 Å². The van der Waals surface area contributed by atoms with Crippen LogP contribution in [0.5, 0.6) is 0 Å². The van der Waals surface area contributed by atoms with E-state index >= 15 is 0 Å². The van der Waals surface area contributed by atoms with E-state index in [4.69, 9.17) is 9.47 Å². The minimum atomic E-state index is 0.0629. The predicted octanol–water partition coefficient (Wildman–Crippen LogP) is 5.57. The molecule has 0 radical (unpaired) electrons. The molecule has 0 aromatic heterocycles. The van der Waals surface area contributed by atoms with Crippen molar-refractivity contribution < 1.29 is 19.1 Å². The molecule has 4 nitrogen and oxygen atoms in total. The van der Waals surface area contributed by atoms with Gasteiger partial charge >= 0.3 is 11.9 Å². The number of fused-ring (bicyclic) bond motifs is 1. The summed E-state index contributed by atoms with van der Waals surface area (Å²) < 4.78 is 11.8. The summed E-state index contributed by atoms with van der Waals surface area (Å²) in [7, 11) is 0. The maximum atomic E-state index is 12.6. The highest BCUT2D eigenvalue weighted by molar-refractivity contribution is 5.73. The average Bonchev–Trinajstić information content (AvgIpc) is 2.74. The Morgan fingerprint density at radius 3 is 1.82 bits per heavy atom. The molecule has 4 saturated carbocycles. The molecule has 4 heteroatoms. The van der Waals surface area contributed by atoms with E-state index in [2.05, 4.69) is 0 Å². The lowest BCUT2D eigenvalue weighted by molar-refractivity contribution is -0.161. The summed E-state index contributed by atoms with van der Waals surface area (Å²) in [4.78, 5) is 25.1. The first-order valence-corrected chi connectivity index (χ1v) is 12.1. The third kappa shape index (κ3) is 5.10. The summed E-state index contributed by atoms with van der Waals surface area (Å²) in [6.07, 6.45) is 17.8. The highest BCUT2D eigenvalue weighted by Gasteiger charge is 2.40. The normalized spacial score (nSPS) is 35.0. The van der Waals surface area contributed by atoms with Gasteiger partial charge in [-0.3, -0.25) is 9.59 Å². The van der Waals surface area contributed by atoms with Crippen LogP contribution in [-0.4, -0.2) is 24.1 Å². The predicted molar refractivity (Wildman–Crippen MR) is 108 cm³/mol. The summed E-state index contributed by atoms with van der Waals surface area (Å²) in [5, 5.41) is 0. The van der Waals surface area contributed by atoms with Gasteiger partial charge in [0, 0.05) is 0 Å². The van der Waals surface area contributed by atoms with Crippen molar-refractivity contribution in [1.29, 1.82) is 0 Å². The zero-order valence-corrected chi connectivity index (χ0v) is 17.4. The van der Waals surface area contributed by atoms with E-state index in [9.17, 15) is 9.59 Å². The maximum absolute atomic E-state index is 12.6. The van der Waals surface area contributed by atoms with Crippen LogP contribution in [-0.2, 0) is 19.1 Å². The third-order valence-corrected chi connectivity index (χ3v) is 7.95. The molecule has 4 rings (SSSR count). The van der Waals surface area contributed by atoms with Gasteiger partial charge in [-0.1, -0.05) is 25.7 Å². The van der Waals surface area contributed by atoms with Crippen molar-refractivity contribution in [1.82, 2.24) is 0 Å². The summed E-state index contributed by atoms with van der Waals surface area (Å²) >= 11 is 0. The lowest BCUT2D eigenvalue weighted by atomic mass is 9.67. The standard InChI is InChI=1S/C24H38O4/c25-23(17-7-3-1-4-8-17)28-22-14-13-18-15-20(12-11-19(18)16-22)24(26)27-21-9-5-2-6-10-21/h17-22H,1-16H2. The number of rotatable bonds is 4. The molecule has 0 N–H and O–H groups in total. The molecule has 4 atom stereocenters. The fourth-order valence-corrected chi connectivity index (χ4v) is 6.21. The lowest BCUT2D eigenvalue weighted by Gasteiger charge is -2.41. The second kappa shape index (κ2) is 9.63. The quantitative estimate of drug-likeness (QED) is 0.589. The first-order chi connectivity index (χ1) is 13.7. The monoisotopic (exact) mass is 390 g/mol. The second-order valence-corrected chi connectivity index (χ2v) is 9.93. The molecule has 4 unspecified atom stereocenters. The molecule has 4 aliphatic carbocycles. The smallest absolute Gasteiger partial charge is 0.309 e. The van der Waals surface area contributed by atoms with Gasteiger partial charge in [-0.05, 0) is 88.9 Å². The first-order valence-electron chi connectivity index (χ1n) is 12.1. The Labute approximate surface area is 170 Å². The Bertz CT molecular complexity index is 533. The number of carbonyl (C=O) groups excluding carboxylic acids is 2. The van der Waals surface area contributed by atoms with Crippen molar-refractivity contribution in [2.24, 2.45) is 23.7 Å². The van der Waals surface area contributed by atoms with Crippen LogP contribution in [0, 0.1) is 23.7 Å². The molecule has 4 fully saturated rings. The minimum absolute atomic E-state index is 0.0629. The molecule has 0 spiro atoms. The van der Waals surface area contributed by atoms with Crippen LogP contribution in [0.3, 0.4) is 0 Å². The molecule has 0 bridgehead atoms. The Morgan fingerprint density at radius 2 is 1.07 bits per heavy atom. The highest BCUT2D eigenvalue weighted by Crippen LogP contribution is 2.44. The van der Waals surface area contributed by atoms with E-state index in [-0.39, 0.29) is 36.0 Å². The molecule has 28 heavy (non-hydrogen) atoms. The zero-order valence-electron chi connectivity index (χ0n) is 17.4. The Hall–Kier alpha value is -1.06. The number of hydrogen-bond acceptors (Lipinski definition) is 4. The molecule has 0 aromatic carbocycles. The summed E-state index contributed by atoms with van der Waals surface area (Å²) in [6.45, 7) is 0. The summed E-state index contributed by atoms with van der Waals surface area (Å²) in [6, 6.07) is 0. The SMILES string of the molecule is O=C(OC1CCC2CC(C(=O)OC3CCCCC3)CCC2C1)C1CCCCC1. The van der Waals surface area contributed by atoms with E-state index in [0.29, 0.717) is 11.8 Å². The van der Waals surface area contributed by atoms with E-state index < -0.39 is 0 Å². The second-order valence-electron chi connectivity index (χ2n) is 9.93. The first kappa shape index (κ1) is 20.2. The molecule has 0 aliphatic heterocycles.